The fraction of sp³-hybridized carbons (Fsp3) is 0.538. The second-order valence-electron chi connectivity index (χ2n) is 9.80. The Morgan fingerprint density at radius 3 is 2.57 bits per heavy atom. The van der Waals surface area contributed by atoms with Gasteiger partial charge >= 0.3 is 0 Å². The van der Waals surface area contributed by atoms with E-state index in [1.165, 1.54) is 5.56 Å². The normalized spacial score (nSPS) is 20.2. The molecule has 0 bridgehead atoms. The van der Waals surface area contributed by atoms with Crippen LogP contribution in [-0.4, -0.2) is 35.2 Å². The Balaban J connectivity index is 2.11. The molecule has 2 atom stereocenters. The second-order valence-corrected chi connectivity index (χ2v) is 10.2. The smallest absolute Gasteiger partial charge is 0.0943 e. The molecule has 4 heteroatoms. The van der Waals surface area contributed by atoms with Crippen LogP contribution in [0.3, 0.4) is 0 Å². The number of nitrogens with two attached hydrogens (primary N) is 1. The second kappa shape index (κ2) is 9.40. The zero-order chi connectivity index (χ0) is 21.9. The summed E-state index contributed by atoms with van der Waals surface area (Å²) in [6.45, 7) is 11.4. The highest BCUT2D eigenvalue weighted by Crippen LogP contribution is 2.46. The third-order valence-electron chi connectivity index (χ3n) is 6.59. The van der Waals surface area contributed by atoms with Crippen LogP contribution in [0.15, 0.2) is 42.5 Å². The van der Waals surface area contributed by atoms with Crippen molar-refractivity contribution in [3.05, 3.63) is 58.6 Å². The van der Waals surface area contributed by atoms with Crippen molar-refractivity contribution in [2.75, 3.05) is 19.6 Å². The third-order valence-corrected chi connectivity index (χ3v) is 6.91. The van der Waals surface area contributed by atoms with E-state index < -0.39 is 5.60 Å². The maximum Gasteiger partial charge on any atom is 0.0943 e. The van der Waals surface area contributed by atoms with E-state index in [1.54, 1.807) is 0 Å². The molecule has 2 aromatic rings. The predicted octanol–water partition coefficient (Wildman–Crippen LogP) is 5.75. The SMILES string of the molecule is Cc1cccc(-c2c(Cl)cccc2[C@](O)(CCCN)[C@@H]2CCCN(C(C)(C)C)C2)c1. The number of hydrogen-bond acceptors (Lipinski definition) is 3. The number of aliphatic hydroxyl groups is 1. The lowest BCUT2D eigenvalue weighted by molar-refractivity contribution is -0.0726. The van der Waals surface area contributed by atoms with Gasteiger partial charge in [0.1, 0.15) is 0 Å². The van der Waals surface area contributed by atoms with Gasteiger partial charge in [-0.3, -0.25) is 4.90 Å². The quantitative estimate of drug-likeness (QED) is 0.615. The van der Waals surface area contributed by atoms with Crippen LogP contribution in [-0.2, 0) is 5.60 Å². The highest BCUT2D eigenvalue weighted by Gasteiger charge is 2.43. The highest BCUT2D eigenvalue weighted by molar-refractivity contribution is 6.33. The van der Waals surface area contributed by atoms with Crippen LogP contribution in [0.4, 0.5) is 0 Å². The summed E-state index contributed by atoms with van der Waals surface area (Å²) in [5.41, 5.74) is 9.15. The summed E-state index contributed by atoms with van der Waals surface area (Å²) >= 11 is 6.75. The molecule has 0 spiro atoms. The van der Waals surface area contributed by atoms with Gasteiger partial charge in [-0.15, -0.1) is 0 Å². The lowest BCUT2D eigenvalue weighted by Gasteiger charge is -2.47. The molecule has 0 aromatic heterocycles. The van der Waals surface area contributed by atoms with Crippen LogP contribution in [0.5, 0.6) is 0 Å². The van der Waals surface area contributed by atoms with Gasteiger partial charge in [0.15, 0.2) is 0 Å². The van der Waals surface area contributed by atoms with Crippen LogP contribution >= 0.6 is 11.6 Å². The first kappa shape index (κ1) is 23.3. The van der Waals surface area contributed by atoms with Gasteiger partial charge in [-0.1, -0.05) is 53.6 Å². The van der Waals surface area contributed by atoms with Gasteiger partial charge in [-0.2, -0.15) is 0 Å². The molecule has 1 fully saturated rings. The van der Waals surface area contributed by atoms with E-state index in [2.05, 4.69) is 62.9 Å². The minimum atomic E-state index is -0.965. The van der Waals surface area contributed by atoms with Crippen LogP contribution in [0, 0.1) is 12.8 Å². The molecule has 1 aliphatic heterocycles. The van der Waals surface area contributed by atoms with E-state index >= 15 is 0 Å². The van der Waals surface area contributed by atoms with Gasteiger partial charge in [-0.25, -0.2) is 0 Å². The molecule has 2 aromatic carbocycles. The zero-order valence-corrected chi connectivity index (χ0v) is 19.7. The molecule has 164 valence electrons. The van der Waals surface area contributed by atoms with Gasteiger partial charge in [0, 0.05) is 28.6 Å². The van der Waals surface area contributed by atoms with Crippen molar-refractivity contribution in [1.82, 2.24) is 4.90 Å². The number of halogens is 1. The van der Waals surface area contributed by atoms with Crippen molar-refractivity contribution < 1.29 is 5.11 Å². The highest BCUT2D eigenvalue weighted by atomic mass is 35.5. The summed E-state index contributed by atoms with van der Waals surface area (Å²) < 4.78 is 0. The van der Waals surface area contributed by atoms with Crippen molar-refractivity contribution in [2.24, 2.45) is 11.7 Å². The average Bonchev–Trinajstić information content (AvgIpc) is 2.71. The molecule has 0 unspecified atom stereocenters. The maximum atomic E-state index is 12.3. The van der Waals surface area contributed by atoms with E-state index in [0.29, 0.717) is 18.0 Å². The van der Waals surface area contributed by atoms with Gasteiger partial charge in [0.05, 0.1) is 5.60 Å². The first-order valence-electron chi connectivity index (χ1n) is 11.2. The molecule has 3 rings (SSSR count). The van der Waals surface area contributed by atoms with Crippen LogP contribution in [0.2, 0.25) is 5.02 Å². The number of hydrogen-bond donors (Lipinski definition) is 2. The molecule has 1 heterocycles. The van der Waals surface area contributed by atoms with Crippen LogP contribution < -0.4 is 5.73 Å². The molecule has 0 amide bonds. The van der Waals surface area contributed by atoms with E-state index in [4.69, 9.17) is 17.3 Å². The van der Waals surface area contributed by atoms with Crippen LogP contribution in [0.1, 0.15) is 57.6 Å². The summed E-state index contributed by atoms with van der Waals surface area (Å²) in [5.74, 6) is 0.138. The standard InChI is InChI=1S/C26H37ClN2O/c1-19-9-5-10-20(17-19)24-22(12-6-13-23(24)27)26(30,14-8-15-28)21-11-7-16-29(18-21)25(2,3)4/h5-6,9-10,12-13,17,21,30H,7-8,11,14-16,18,28H2,1-4H3/t21-,26+/m1/s1. The fourth-order valence-electron chi connectivity index (χ4n) is 4.89. The Morgan fingerprint density at radius 2 is 1.90 bits per heavy atom. The number of likely N-dealkylation sites (tertiary alicyclic amines) is 1. The molecule has 3 N–H and O–H groups in total. The van der Waals surface area contributed by atoms with E-state index in [0.717, 1.165) is 49.0 Å². The number of rotatable bonds is 6. The lowest BCUT2D eigenvalue weighted by atomic mass is 9.71. The zero-order valence-electron chi connectivity index (χ0n) is 18.9. The van der Waals surface area contributed by atoms with Gasteiger partial charge in [0.2, 0.25) is 0 Å². The molecule has 30 heavy (non-hydrogen) atoms. The number of nitrogens with zero attached hydrogens (tertiary/aromatic N) is 1. The fourth-order valence-corrected chi connectivity index (χ4v) is 5.17. The number of benzene rings is 2. The maximum absolute atomic E-state index is 12.3. The topological polar surface area (TPSA) is 49.5 Å². The molecule has 0 aliphatic carbocycles. The summed E-state index contributed by atoms with van der Waals surface area (Å²) in [6.07, 6.45) is 3.52. The van der Waals surface area contributed by atoms with E-state index in [1.807, 2.05) is 12.1 Å². The number of piperidine rings is 1. The Hall–Kier alpha value is -1.39. The summed E-state index contributed by atoms with van der Waals surface area (Å²) in [7, 11) is 0. The lowest BCUT2D eigenvalue weighted by Crippen LogP contribution is -2.52. The van der Waals surface area contributed by atoms with Crippen molar-refractivity contribution in [3.8, 4) is 11.1 Å². The summed E-state index contributed by atoms with van der Waals surface area (Å²) in [6, 6.07) is 14.3. The van der Waals surface area contributed by atoms with E-state index in [-0.39, 0.29) is 11.5 Å². The Bertz CT molecular complexity index is 860. The van der Waals surface area contributed by atoms with Crippen molar-refractivity contribution >= 4 is 11.6 Å². The third kappa shape index (κ3) is 4.91. The molecule has 1 saturated heterocycles. The molecule has 3 nitrogen and oxygen atoms in total. The minimum absolute atomic E-state index is 0.0845. The Labute approximate surface area is 187 Å². The first-order chi connectivity index (χ1) is 14.2. The Kier molecular flexibility index (Phi) is 7.29. The van der Waals surface area contributed by atoms with Gasteiger partial charge in [-0.05, 0) is 83.7 Å². The Morgan fingerprint density at radius 1 is 1.17 bits per heavy atom. The average molecular weight is 429 g/mol. The summed E-state index contributed by atoms with van der Waals surface area (Å²) in [4.78, 5) is 2.51. The van der Waals surface area contributed by atoms with Gasteiger partial charge < -0.3 is 10.8 Å². The molecule has 0 saturated carbocycles. The monoisotopic (exact) mass is 428 g/mol. The van der Waals surface area contributed by atoms with Crippen molar-refractivity contribution in [3.63, 3.8) is 0 Å². The first-order valence-corrected chi connectivity index (χ1v) is 11.6. The number of aryl methyl sites for hydroxylation is 1. The largest absolute Gasteiger partial charge is 0.385 e. The van der Waals surface area contributed by atoms with Gasteiger partial charge in [0.25, 0.3) is 0 Å². The molecular formula is C26H37ClN2O. The van der Waals surface area contributed by atoms with Crippen molar-refractivity contribution in [2.45, 2.75) is 64.5 Å². The minimum Gasteiger partial charge on any atom is -0.385 e. The van der Waals surface area contributed by atoms with Crippen molar-refractivity contribution in [1.29, 1.82) is 0 Å². The van der Waals surface area contributed by atoms with Crippen LogP contribution in [0.25, 0.3) is 11.1 Å². The van der Waals surface area contributed by atoms with E-state index in [9.17, 15) is 5.11 Å². The molecule has 0 radical (unpaired) electrons. The molecule has 1 aliphatic rings. The summed E-state index contributed by atoms with van der Waals surface area (Å²) in [5, 5.41) is 13.0. The molecular weight excluding hydrogens is 392 g/mol. The predicted molar refractivity (Wildman–Crippen MR) is 128 cm³/mol.